The molecule has 1 unspecified atom stereocenters. The van der Waals surface area contributed by atoms with E-state index in [4.69, 9.17) is 0 Å². The van der Waals surface area contributed by atoms with E-state index in [1.54, 1.807) is 6.20 Å². The summed E-state index contributed by atoms with van der Waals surface area (Å²) in [4.78, 5) is 3.96. The van der Waals surface area contributed by atoms with Gasteiger partial charge >= 0.3 is 0 Å². The highest BCUT2D eigenvalue weighted by molar-refractivity contribution is 7.80. The van der Waals surface area contributed by atoms with E-state index in [0.29, 0.717) is 5.25 Å². The molecule has 2 heteroatoms. The molecule has 1 aromatic rings. The molecule has 0 aromatic carbocycles. The van der Waals surface area contributed by atoms with Crippen LogP contribution in [0.3, 0.4) is 0 Å². The summed E-state index contributed by atoms with van der Waals surface area (Å²) in [6.07, 6.45) is 3.59. The number of hydrogen-bond acceptors (Lipinski definition) is 2. The van der Waals surface area contributed by atoms with Gasteiger partial charge in [0.25, 0.3) is 0 Å². The van der Waals surface area contributed by atoms with Gasteiger partial charge in [-0.3, -0.25) is 4.98 Å². The van der Waals surface area contributed by atoms with Crippen LogP contribution in [-0.4, -0.2) is 4.98 Å². The highest BCUT2D eigenvalue weighted by Crippen LogP contribution is 2.15. The first-order valence-corrected chi connectivity index (χ1v) is 3.40. The minimum absolute atomic E-state index is 0.290. The second-order valence-corrected chi connectivity index (χ2v) is 2.74. The second-order valence-electron chi connectivity index (χ2n) is 1.96. The molecule has 0 aliphatic carbocycles. The van der Waals surface area contributed by atoms with Crippen LogP contribution >= 0.6 is 12.6 Å². The van der Waals surface area contributed by atoms with Crippen molar-refractivity contribution in [1.82, 2.24) is 4.98 Å². The lowest BCUT2D eigenvalue weighted by atomic mass is 10.2. The Kier molecular flexibility index (Phi) is 2.11. The molecule has 1 aromatic heterocycles. The van der Waals surface area contributed by atoms with Gasteiger partial charge in [0.15, 0.2) is 0 Å². The lowest BCUT2D eigenvalue weighted by molar-refractivity contribution is 1.08. The first-order valence-electron chi connectivity index (χ1n) is 2.88. The fraction of sp³-hybridized carbons (Fsp3) is 0.286. The molecule has 48 valence electrons. The number of hydrogen-bond donors (Lipinski definition) is 1. The zero-order valence-corrected chi connectivity index (χ0v) is 6.18. The molecule has 1 heterocycles. The van der Waals surface area contributed by atoms with E-state index in [0.717, 1.165) is 0 Å². The topological polar surface area (TPSA) is 12.9 Å². The van der Waals surface area contributed by atoms with Crippen molar-refractivity contribution in [3.8, 4) is 0 Å². The highest BCUT2D eigenvalue weighted by atomic mass is 32.1. The van der Waals surface area contributed by atoms with Crippen molar-refractivity contribution in [2.45, 2.75) is 12.2 Å². The minimum Gasteiger partial charge on any atom is -0.264 e. The Morgan fingerprint density at radius 2 is 2.44 bits per heavy atom. The Morgan fingerprint density at radius 1 is 1.67 bits per heavy atom. The molecule has 0 aliphatic rings. The summed E-state index contributed by atoms with van der Waals surface area (Å²) in [5.74, 6) is 0. The smallest absolute Gasteiger partial charge is 0.0310 e. The summed E-state index contributed by atoms with van der Waals surface area (Å²) < 4.78 is 0. The number of rotatable bonds is 1. The summed E-state index contributed by atoms with van der Waals surface area (Å²) in [5, 5.41) is 0.290. The number of thiol groups is 1. The van der Waals surface area contributed by atoms with Crippen LogP contribution in [0.5, 0.6) is 0 Å². The number of pyridine rings is 1. The standard InChI is InChI=1S/C7H9NS/c1-6(9)7-3-2-4-8-5-7/h2-6,9H,1H3. The van der Waals surface area contributed by atoms with E-state index < -0.39 is 0 Å². The Hall–Kier alpha value is -0.500. The van der Waals surface area contributed by atoms with E-state index in [1.807, 2.05) is 25.3 Å². The fourth-order valence-electron chi connectivity index (χ4n) is 0.623. The molecule has 1 nitrogen and oxygen atoms in total. The molecule has 0 fully saturated rings. The van der Waals surface area contributed by atoms with Gasteiger partial charge in [0.1, 0.15) is 0 Å². The van der Waals surface area contributed by atoms with Crippen LogP contribution in [0, 0.1) is 0 Å². The van der Waals surface area contributed by atoms with Crippen molar-refractivity contribution in [2.24, 2.45) is 0 Å². The lowest BCUT2D eigenvalue weighted by Gasteiger charge is -2.00. The largest absolute Gasteiger partial charge is 0.264 e. The summed E-state index contributed by atoms with van der Waals surface area (Å²) in [6, 6.07) is 3.94. The third-order valence-electron chi connectivity index (χ3n) is 1.17. The van der Waals surface area contributed by atoms with Gasteiger partial charge in [-0.1, -0.05) is 6.07 Å². The molecule has 0 amide bonds. The average Bonchev–Trinajstić information content (AvgIpc) is 1.90. The van der Waals surface area contributed by atoms with Crippen LogP contribution in [0.15, 0.2) is 24.5 Å². The van der Waals surface area contributed by atoms with Gasteiger partial charge in [0, 0.05) is 17.6 Å². The van der Waals surface area contributed by atoms with Crippen LogP contribution < -0.4 is 0 Å². The van der Waals surface area contributed by atoms with Gasteiger partial charge in [-0.2, -0.15) is 12.6 Å². The van der Waals surface area contributed by atoms with Gasteiger partial charge in [-0.15, -0.1) is 0 Å². The molecule has 0 saturated carbocycles. The summed E-state index contributed by atoms with van der Waals surface area (Å²) in [6.45, 7) is 2.03. The second kappa shape index (κ2) is 2.87. The molecule has 0 N–H and O–H groups in total. The maximum atomic E-state index is 4.25. The first-order chi connectivity index (χ1) is 4.30. The lowest BCUT2D eigenvalue weighted by Crippen LogP contribution is -1.83. The first kappa shape index (κ1) is 6.62. The Balaban J connectivity index is 2.85. The fourth-order valence-corrected chi connectivity index (χ4v) is 0.776. The monoisotopic (exact) mass is 139 g/mol. The van der Waals surface area contributed by atoms with E-state index in [2.05, 4.69) is 17.6 Å². The maximum absolute atomic E-state index is 4.25. The van der Waals surface area contributed by atoms with E-state index in [1.165, 1.54) is 5.56 Å². The summed E-state index contributed by atoms with van der Waals surface area (Å²) in [7, 11) is 0. The molecule has 1 atom stereocenters. The van der Waals surface area contributed by atoms with Crippen molar-refractivity contribution >= 4 is 12.6 Å². The van der Waals surface area contributed by atoms with Gasteiger partial charge in [-0.25, -0.2) is 0 Å². The number of nitrogens with zero attached hydrogens (tertiary/aromatic N) is 1. The maximum Gasteiger partial charge on any atom is 0.0310 e. The number of aromatic nitrogens is 1. The van der Waals surface area contributed by atoms with Crippen LogP contribution in [0.2, 0.25) is 0 Å². The van der Waals surface area contributed by atoms with Crippen LogP contribution in [0.1, 0.15) is 17.7 Å². The van der Waals surface area contributed by atoms with E-state index >= 15 is 0 Å². The van der Waals surface area contributed by atoms with Crippen LogP contribution in [0.4, 0.5) is 0 Å². The minimum atomic E-state index is 0.290. The third-order valence-corrected chi connectivity index (χ3v) is 1.46. The van der Waals surface area contributed by atoms with Gasteiger partial charge in [0.05, 0.1) is 0 Å². The van der Waals surface area contributed by atoms with Crippen LogP contribution in [-0.2, 0) is 0 Å². The van der Waals surface area contributed by atoms with E-state index in [9.17, 15) is 0 Å². The summed E-state index contributed by atoms with van der Waals surface area (Å²) >= 11 is 4.25. The van der Waals surface area contributed by atoms with Crippen LogP contribution in [0.25, 0.3) is 0 Å². The van der Waals surface area contributed by atoms with Crippen molar-refractivity contribution in [3.63, 3.8) is 0 Å². The zero-order valence-electron chi connectivity index (χ0n) is 5.28. The molecular weight excluding hydrogens is 130 g/mol. The molecule has 0 saturated heterocycles. The van der Waals surface area contributed by atoms with Crippen molar-refractivity contribution in [1.29, 1.82) is 0 Å². The SMILES string of the molecule is CC(S)c1cccnc1. The highest BCUT2D eigenvalue weighted by Gasteiger charge is 1.95. The van der Waals surface area contributed by atoms with Gasteiger partial charge in [-0.05, 0) is 18.6 Å². The molecule has 0 aliphatic heterocycles. The average molecular weight is 139 g/mol. The molecule has 0 spiro atoms. The zero-order chi connectivity index (χ0) is 6.69. The van der Waals surface area contributed by atoms with Gasteiger partial charge < -0.3 is 0 Å². The van der Waals surface area contributed by atoms with E-state index in [-0.39, 0.29) is 0 Å². The molecule has 0 radical (unpaired) electrons. The Morgan fingerprint density at radius 3 is 2.78 bits per heavy atom. The normalized spacial score (nSPS) is 13.1. The molecular formula is C7H9NS. The molecule has 9 heavy (non-hydrogen) atoms. The van der Waals surface area contributed by atoms with Crippen molar-refractivity contribution in [2.75, 3.05) is 0 Å². The Labute approximate surface area is 60.5 Å². The van der Waals surface area contributed by atoms with Gasteiger partial charge in [0.2, 0.25) is 0 Å². The Bertz CT molecular complexity index is 172. The van der Waals surface area contributed by atoms with Crippen molar-refractivity contribution in [3.05, 3.63) is 30.1 Å². The summed E-state index contributed by atoms with van der Waals surface area (Å²) in [5.41, 5.74) is 1.17. The van der Waals surface area contributed by atoms with Crippen molar-refractivity contribution < 1.29 is 0 Å². The molecule has 1 rings (SSSR count). The predicted molar refractivity (Wildman–Crippen MR) is 41.6 cm³/mol. The quantitative estimate of drug-likeness (QED) is 0.588. The third kappa shape index (κ3) is 1.72. The predicted octanol–water partition coefficient (Wildman–Crippen LogP) is 2.07. The molecule has 0 bridgehead atoms.